The van der Waals surface area contributed by atoms with Gasteiger partial charge in [-0.1, -0.05) is 19.1 Å². The Labute approximate surface area is 115 Å². The number of phenols is 1. The van der Waals surface area contributed by atoms with Crippen LogP contribution in [0.1, 0.15) is 25.0 Å². The number of carbonyl (C=O) groups excluding carboxylic acids is 1. The molecule has 0 aliphatic rings. The van der Waals surface area contributed by atoms with Crippen molar-refractivity contribution in [3.8, 4) is 5.75 Å². The second-order valence-corrected chi connectivity index (χ2v) is 5.06. The van der Waals surface area contributed by atoms with Crippen LogP contribution in [-0.2, 0) is 22.5 Å². The predicted molar refractivity (Wildman–Crippen MR) is 75.0 cm³/mol. The lowest BCUT2D eigenvalue weighted by Crippen LogP contribution is -2.17. The molecule has 0 aliphatic heterocycles. The first-order chi connectivity index (χ1) is 8.93. The van der Waals surface area contributed by atoms with Crippen molar-refractivity contribution in [2.75, 3.05) is 20.7 Å². The fraction of sp³-hybridized carbons (Fsp3) is 0.533. The van der Waals surface area contributed by atoms with E-state index in [1.165, 1.54) is 0 Å². The van der Waals surface area contributed by atoms with Gasteiger partial charge in [-0.15, -0.1) is 0 Å². The Bertz CT molecular complexity index is 429. The second kappa shape index (κ2) is 7.14. The lowest BCUT2D eigenvalue weighted by Gasteiger charge is -2.14. The summed E-state index contributed by atoms with van der Waals surface area (Å²) in [5.74, 6) is -0.0531. The molecule has 0 aliphatic carbocycles. The minimum absolute atomic E-state index is 0.170. The highest BCUT2D eigenvalue weighted by molar-refractivity contribution is 5.72. The van der Waals surface area contributed by atoms with Crippen molar-refractivity contribution < 1.29 is 14.6 Å². The number of phenolic OH excluding ortho intramolecular Hbond substituents is 1. The topological polar surface area (TPSA) is 49.8 Å². The summed E-state index contributed by atoms with van der Waals surface area (Å²) in [5.41, 5.74) is 1.91. The maximum Gasteiger partial charge on any atom is 0.308 e. The van der Waals surface area contributed by atoms with Gasteiger partial charge in [0.1, 0.15) is 5.75 Å². The van der Waals surface area contributed by atoms with Crippen LogP contribution in [0.25, 0.3) is 0 Å². The lowest BCUT2D eigenvalue weighted by atomic mass is 9.99. The number of nitrogens with zero attached hydrogens (tertiary/aromatic N) is 1. The monoisotopic (exact) mass is 265 g/mol. The normalized spacial score (nSPS) is 12.5. The third-order valence-corrected chi connectivity index (χ3v) is 2.86. The van der Waals surface area contributed by atoms with Crippen LogP contribution < -0.4 is 0 Å². The lowest BCUT2D eigenvalue weighted by molar-refractivity contribution is -0.147. The Kier molecular flexibility index (Phi) is 5.83. The summed E-state index contributed by atoms with van der Waals surface area (Å²) in [7, 11) is 3.90. The molecular formula is C15H23NO3. The summed E-state index contributed by atoms with van der Waals surface area (Å²) in [6.07, 6.45) is 0.625. The number of carbonyl (C=O) groups is 1. The van der Waals surface area contributed by atoms with Gasteiger partial charge in [0, 0.05) is 12.1 Å². The molecule has 0 saturated carbocycles. The minimum Gasteiger partial charge on any atom is -0.508 e. The van der Waals surface area contributed by atoms with Crippen LogP contribution in [-0.4, -0.2) is 36.7 Å². The third-order valence-electron chi connectivity index (χ3n) is 2.86. The zero-order valence-electron chi connectivity index (χ0n) is 12.1. The number of ether oxygens (including phenoxy) is 1. The molecule has 19 heavy (non-hydrogen) atoms. The van der Waals surface area contributed by atoms with Gasteiger partial charge in [-0.2, -0.15) is 0 Å². The molecule has 0 heterocycles. The van der Waals surface area contributed by atoms with Gasteiger partial charge in [0.05, 0.1) is 12.5 Å². The van der Waals surface area contributed by atoms with Crippen LogP contribution >= 0.6 is 0 Å². The molecule has 4 nitrogen and oxygen atoms in total. The first-order valence-corrected chi connectivity index (χ1v) is 6.56. The van der Waals surface area contributed by atoms with Crippen molar-refractivity contribution >= 4 is 5.97 Å². The molecule has 106 valence electrons. The molecule has 0 aromatic heterocycles. The Morgan fingerprint density at radius 1 is 1.42 bits per heavy atom. The van der Waals surface area contributed by atoms with Crippen LogP contribution in [0.3, 0.4) is 0 Å². The van der Waals surface area contributed by atoms with Crippen molar-refractivity contribution in [2.45, 2.75) is 26.8 Å². The van der Waals surface area contributed by atoms with Gasteiger partial charge in [-0.3, -0.25) is 4.79 Å². The van der Waals surface area contributed by atoms with E-state index >= 15 is 0 Å². The van der Waals surface area contributed by atoms with Crippen molar-refractivity contribution in [1.29, 1.82) is 0 Å². The van der Waals surface area contributed by atoms with Crippen molar-refractivity contribution in [1.82, 2.24) is 4.90 Å². The molecule has 0 amide bonds. The van der Waals surface area contributed by atoms with Crippen LogP contribution in [0.15, 0.2) is 18.2 Å². The van der Waals surface area contributed by atoms with Crippen molar-refractivity contribution in [2.24, 2.45) is 5.92 Å². The summed E-state index contributed by atoms with van der Waals surface area (Å²) >= 11 is 0. The third kappa shape index (κ3) is 4.91. The number of hydrogen-bond donors (Lipinski definition) is 1. The Morgan fingerprint density at radius 2 is 2.11 bits per heavy atom. The molecular weight excluding hydrogens is 242 g/mol. The molecule has 4 heteroatoms. The number of benzene rings is 1. The Morgan fingerprint density at radius 3 is 2.68 bits per heavy atom. The van der Waals surface area contributed by atoms with Gasteiger partial charge >= 0.3 is 5.97 Å². The Hall–Kier alpha value is -1.55. The molecule has 1 N–H and O–H groups in total. The van der Waals surface area contributed by atoms with Gasteiger partial charge in [0.15, 0.2) is 0 Å². The smallest absolute Gasteiger partial charge is 0.308 e. The van der Waals surface area contributed by atoms with E-state index in [0.717, 1.165) is 11.1 Å². The SMILES string of the molecule is CCOC(=O)C(C)Cc1ccc(O)c(CN(C)C)c1. The van der Waals surface area contributed by atoms with E-state index < -0.39 is 0 Å². The molecule has 0 spiro atoms. The Balaban J connectivity index is 2.76. The van der Waals surface area contributed by atoms with Gasteiger partial charge in [-0.05, 0) is 39.1 Å². The quantitative estimate of drug-likeness (QED) is 0.801. The first-order valence-electron chi connectivity index (χ1n) is 6.56. The molecule has 1 aromatic rings. The highest BCUT2D eigenvalue weighted by Crippen LogP contribution is 2.21. The van der Waals surface area contributed by atoms with E-state index in [9.17, 15) is 9.90 Å². The van der Waals surface area contributed by atoms with Crippen LogP contribution in [0.4, 0.5) is 0 Å². The van der Waals surface area contributed by atoms with E-state index in [1.54, 1.807) is 13.0 Å². The van der Waals surface area contributed by atoms with Crippen LogP contribution in [0.2, 0.25) is 0 Å². The van der Waals surface area contributed by atoms with Gasteiger partial charge < -0.3 is 14.7 Å². The molecule has 0 saturated heterocycles. The standard InChI is InChI=1S/C15H23NO3/c1-5-19-15(18)11(2)8-12-6-7-14(17)13(9-12)10-16(3)4/h6-7,9,11,17H,5,8,10H2,1-4H3. The fourth-order valence-electron chi connectivity index (χ4n) is 1.95. The molecule has 0 fully saturated rings. The van der Waals surface area contributed by atoms with E-state index in [4.69, 9.17) is 4.74 Å². The van der Waals surface area contributed by atoms with Gasteiger partial charge in [-0.25, -0.2) is 0 Å². The summed E-state index contributed by atoms with van der Waals surface area (Å²) < 4.78 is 5.00. The summed E-state index contributed by atoms with van der Waals surface area (Å²) in [6.45, 7) is 4.74. The molecule has 1 aromatic carbocycles. The minimum atomic E-state index is -0.176. The van der Waals surface area contributed by atoms with Crippen molar-refractivity contribution in [3.63, 3.8) is 0 Å². The van der Waals surface area contributed by atoms with E-state index in [0.29, 0.717) is 25.3 Å². The summed E-state index contributed by atoms with van der Waals surface area (Å²) in [4.78, 5) is 13.6. The predicted octanol–water partition coefficient (Wildman–Crippen LogP) is 2.20. The maximum absolute atomic E-state index is 11.6. The molecule has 0 radical (unpaired) electrons. The van der Waals surface area contributed by atoms with Crippen molar-refractivity contribution in [3.05, 3.63) is 29.3 Å². The number of hydrogen-bond acceptors (Lipinski definition) is 4. The average Bonchev–Trinajstić information content (AvgIpc) is 2.33. The van der Waals surface area contributed by atoms with E-state index in [1.807, 2.05) is 38.1 Å². The van der Waals surface area contributed by atoms with Crippen LogP contribution in [0, 0.1) is 5.92 Å². The second-order valence-electron chi connectivity index (χ2n) is 5.06. The zero-order chi connectivity index (χ0) is 14.4. The highest BCUT2D eigenvalue weighted by atomic mass is 16.5. The molecule has 1 unspecified atom stereocenters. The van der Waals surface area contributed by atoms with Crippen LogP contribution in [0.5, 0.6) is 5.75 Å². The zero-order valence-corrected chi connectivity index (χ0v) is 12.1. The van der Waals surface area contributed by atoms with Gasteiger partial charge in [0.2, 0.25) is 0 Å². The number of aromatic hydroxyl groups is 1. The summed E-state index contributed by atoms with van der Waals surface area (Å²) in [6, 6.07) is 5.49. The molecule has 0 bridgehead atoms. The largest absolute Gasteiger partial charge is 0.508 e. The van der Waals surface area contributed by atoms with E-state index in [-0.39, 0.29) is 11.9 Å². The maximum atomic E-state index is 11.6. The summed E-state index contributed by atoms with van der Waals surface area (Å²) in [5, 5.41) is 9.79. The molecule has 1 rings (SSSR count). The fourth-order valence-corrected chi connectivity index (χ4v) is 1.95. The van der Waals surface area contributed by atoms with Gasteiger partial charge in [0.25, 0.3) is 0 Å². The van der Waals surface area contributed by atoms with E-state index in [2.05, 4.69) is 0 Å². The highest BCUT2D eigenvalue weighted by Gasteiger charge is 2.15. The first kappa shape index (κ1) is 15.5. The molecule has 1 atom stereocenters. The number of rotatable bonds is 6. The number of esters is 1. The average molecular weight is 265 g/mol.